The molecule has 1 rings (SSSR count). The molecule has 0 radical (unpaired) electrons. The molecule has 3 nitrogen and oxygen atoms in total. The lowest BCUT2D eigenvalue weighted by atomic mass is 10.1. The summed E-state index contributed by atoms with van der Waals surface area (Å²) in [6, 6.07) is 0. The molecule has 0 saturated heterocycles. The molecule has 0 aromatic rings. The van der Waals surface area contributed by atoms with Gasteiger partial charge in [-0.25, -0.2) is 0 Å². The normalized spacial score (nSPS) is 21.4. The second-order valence-corrected chi connectivity index (χ2v) is 5.39. The van der Waals surface area contributed by atoms with Gasteiger partial charge in [0.2, 0.25) is 0 Å². The van der Waals surface area contributed by atoms with Crippen molar-refractivity contribution in [2.24, 2.45) is 5.92 Å². The number of halogens is 3. The molecule has 1 N–H and O–H groups in total. The number of carbonyl (C=O) groups is 1. The third kappa shape index (κ3) is 3.23. The topological polar surface area (TPSA) is 38.3 Å². The second kappa shape index (κ2) is 4.60. The molecular formula is C8H10Cl3NO2. The van der Waals surface area contributed by atoms with E-state index < -0.39 is 9.70 Å². The van der Waals surface area contributed by atoms with Gasteiger partial charge in [0.15, 0.2) is 0 Å². The number of rotatable bonds is 2. The number of alkyl halides is 3. The predicted molar refractivity (Wildman–Crippen MR) is 56.5 cm³/mol. The zero-order chi connectivity index (χ0) is 10.8. The van der Waals surface area contributed by atoms with Crippen molar-refractivity contribution in [3.8, 4) is 0 Å². The quantitative estimate of drug-likeness (QED) is 0.770. The van der Waals surface area contributed by atoms with E-state index in [-0.39, 0.29) is 0 Å². The highest BCUT2D eigenvalue weighted by Crippen LogP contribution is 2.26. The lowest BCUT2D eigenvalue weighted by molar-refractivity contribution is -0.120. The molecule has 14 heavy (non-hydrogen) atoms. The van der Waals surface area contributed by atoms with Crippen LogP contribution in [0.2, 0.25) is 0 Å². The van der Waals surface area contributed by atoms with E-state index in [0.717, 1.165) is 5.57 Å². The van der Waals surface area contributed by atoms with E-state index in [1.807, 2.05) is 6.92 Å². The highest BCUT2D eigenvalue weighted by atomic mass is 35.6. The van der Waals surface area contributed by atoms with E-state index in [0.29, 0.717) is 19.1 Å². The standard InChI is InChI=1S/C8H10Cl3NO2/c1-5-3-14-4-6(5)2-12-7(13)8(9,10)11/h4-5H,2-3H2,1H3,(H,12,13). The summed E-state index contributed by atoms with van der Waals surface area (Å²) in [6.45, 7) is 2.99. The first-order valence-corrected chi connectivity index (χ1v) is 5.20. The third-order valence-corrected chi connectivity index (χ3v) is 2.44. The van der Waals surface area contributed by atoms with Crippen molar-refractivity contribution in [1.82, 2.24) is 5.32 Å². The molecule has 0 aromatic heterocycles. The summed E-state index contributed by atoms with van der Waals surface area (Å²) in [5.74, 6) is -0.326. The molecule has 0 aromatic carbocycles. The van der Waals surface area contributed by atoms with Gasteiger partial charge in [-0.15, -0.1) is 0 Å². The summed E-state index contributed by atoms with van der Waals surface area (Å²) in [4.78, 5) is 11.2. The molecule has 6 heteroatoms. The van der Waals surface area contributed by atoms with E-state index in [9.17, 15) is 4.79 Å². The van der Waals surface area contributed by atoms with Crippen molar-refractivity contribution in [3.63, 3.8) is 0 Å². The van der Waals surface area contributed by atoms with Gasteiger partial charge in [-0.1, -0.05) is 41.7 Å². The van der Waals surface area contributed by atoms with E-state index in [1.54, 1.807) is 6.26 Å². The molecule has 0 aliphatic carbocycles. The van der Waals surface area contributed by atoms with Crippen LogP contribution in [0.15, 0.2) is 11.8 Å². The van der Waals surface area contributed by atoms with Gasteiger partial charge in [-0.2, -0.15) is 0 Å². The lowest BCUT2D eigenvalue weighted by Gasteiger charge is -2.12. The van der Waals surface area contributed by atoms with Gasteiger partial charge >= 0.3 is 0 Å². The van der Waals surface area contributed by atoms with Crippen molar-refractivity contribution >= 4 is 40.7 Å². The number of nitrogens with one attached hydrogen (secondary N) is 1. The Morgan fingerprint density at radius 1 is 1.71 bits per heavy atom. The molecule has 1 unspecified atom stereocenters. The summed E-state index contributed by atoms with van der Waals surface area (Å²) in [5.41, 5.74) is 0.993. The summed E-state index contributed by atoms with van der Waals surface area (Å²) in [7, 11) is 0. The van der Waals surface area contributed by atoms with Gasteiger partial charge in [0.25, 0.3) is 9.70 Å². The Kier molecular flexibility index (Phi) is 3.93. The summed E-state index contributed by atoms with van der Waals surface area (Å²) < 4.78 is 3.18. The maximum absolute atomic E-state index is 11.2. The summed E-state index contributed by atoms with van der Waals surface area (Å²) in [5, 5.41) is 2.51. The number of ether oxygens (including phenoxy) is 1. The first-order valence-electron chi connectivity index (χ1n) is 4.07. The van der Waals surface area contributed by atoms with E-state index >= 15 is 0 Å². The maximum Gasteiger partial charge on any atom is 0.272 e. The highest BCUT2D eigenvalue weighted by Gasteiger charge is 2.30. The smallest absolute Gasteiger partial charge is 0.272 e. The summed E-state index contributed by atoms with van der Waals surface area (Å²) in [6.07, 6.45) is 1.63. The third-order valence-electron chi connectivity index (χ3n) is 1.92. The Bertz CT molecular complexity index is 260. The second-order valence-electron chi connectivity index (χ2n) is 3.11. The molecule has 1 atom stereocenters. The fraction of sp³-hybridized carbons (Fsp3) is 0.625. The van der Waals surface area contributed by atoms with Gasteiger partial charge < -0.3 is 10.1 Å². The number of hydrogen-bond donors (Lipinski definition) is 1. The van der Waals surface area contributed by atoms with Crippen LogP contribution in [0, 0.1) is 5.92 Å². The van der Waals surface area contributed by atoms with Crippen molar-refractivity contribution in [2.75, 3.05) is 13.2 Å². The van der Waals surface area contributed by atoms with Crippen LogP contribution < -0.4 is 5.32 Å². The zero-order valence-corrected chi connectivity index (χ0v) is 9.79. The lowest BCUT2D eigenvalue weighted by Crippen LogP contribution is -2.36. The maximum atomic E-state index is 11.2. The van der Waals surface area contributed by atoms with Crippen LogP contribution in [-0.4, -0.2) is 22.9 Å². The van der Waals surface area contributed by atoms with Gasteiger partial charge in [-0.05, 0) is 5.57 Å². The number of amides is 1. The van der Waals surface area contributed by atoms with Crippen molar-refractivity contribution in [1.29, 1.82) is 0 Å². The van der Waals surface area contributed by atoms with Gasteiger partial charge in [0.1, 0.15) is 0 Å². The Morgan fingerprint density at radius 3 is 2.79 bits per heavy atom. The average molecular weight is 259 g/mol. The van der Waals surface area contributed by atoms with Crippen molar-refractivity contribution in [3.05, 3.63) is 11.8 Å². The van der Waals surface area contributed by atoms with Crippen molar-refractivity contribution in [2.45, 2.75) is 10.7 Å². The monoisotopic (exact) mass is 257 g/mol. The summed E-state index contributed by atoms with van der Waals surface area (Å²) >= 11 is 16.1. The van der Waals surface area contributed by atoms with Gasteiger partial charge in [-0.3, -0.25) is 4.79 Å². The minimum Gasteiger partial charge on any atom is -0.501 e. The molecule has 1 aliphatic heterocycles. The van der Waals surface area contributed by atoms with E-state index in [2.05, 4.69) is 5.32 Å². The molecule has 0 spiro atoms. The van der Waals surface area contributed by atoms with E-state index in [4.69, 9.17) is 39.5 Å². The Morgan fingerprint density at radius 2 is 2.36 bits per heavy atom. The van der Waals surface area contributed by atoms with Gasteiger partial charge in [0.05, 0.1) is 12.9 Å². The van der Waals surface area contributed by atoms with Crippen LogP contribution in [0.5, 0.6) is 0 Å². The minimum absolute atomic E-state index is 0.297. The zero-order valence-electron chi connectivity index (χ0n) is 7.52. The van der Waals surface area contributed by atoms with Crippen LogP contribution in [0.25, 0.3) is 0 Å². The van der Waals surface area contributed by atoms with Gasteiger partial charge in [0, 0.05) is 12.5 Å². The largest absolute Gasteiger partial charge is 0.501 e. The van der Waals surface area contributed by atoms with Crippen LogP contribution in [0.3, 0.4) is 0 Å². The van der Waals surface area contributed by atoms with Crippen molar-refractivity contribution < 1.29 is 9.53 Å². The fourth-order valence-electron chi connectivity index (χ4n) is 1.02. The number of hydrogen-bond acceptors (Lipinski definition) is 2. The molecule has 0 fully saturated rings. The Balaban J connectivity index is 2.38. The van der Waals surface area contributed by atoms with Crippen LogP contribution in [0.1, 0.15) is 6.92 Å². The number of carbonyl (C=O) groups excluding carboxylic acids is 1. The Labute approximate surface area is 97.3 Å². The first kappa shape index (κ1) is 12.0. The average Bonchev–Trinajstić information content (AvgIpc) is 2.45. The van der Waals surface area contributed by atoms with Crippen LogP contribution in [-0.2, 0) is 9.53 Å². The van der Waals surface area contributed by atoms with E-state index in [1.165, 1.54) is 0 Å². The SMILES string of the molecule is CC1COC=C1CNC(=O)C(Cl)(Cl)Cl. The Hall–Kier alpha value is -0.120. The molecule has 0 saturated carbocycles. The fourth-order valence-corrected chi connectivity index (χ4v) is 1.22. The molecule has 0 bridgehead atoms. The minimum atomic E-state index is -1.90. The van der Waals surface area contributed by atoms with Crippen LogP contribution >= 0.6 is 34.8 Å². The molecule has 1 aliphatic rings. The highest BCUT2D eigenvalue weighted by molar-refractivity contribution is 6.76. The molecule has 1 amide bonds. The molecular weight excluding hydrogens is 248 g/mol. The first-order chi connectivity index (χ1) is 6.41. The predicted octanol–water partition coefficient (Wildman–Crippen LogP) is 2.02. The van der Waals surface area contributed by atoms with Crippen LogP contribution in [0.4, 0.5) is 0 Å². The molecule has 1 heterocycles. The molecule has 80 valence electrons.